The van der Waals surface area contributed by atoms with Gasteiger partial charge in [-0.25, -0.2) is 4.98 Å². The van der Waals surface area contributed by atoms with E-state index in [2.05, 4.69) is 9.73 Å². The molecule has 1 saturated heterocycles. The third kappa shape index (κ3) is 5.85. The fraction of sp³-hybridized carbons (Fsp3) is 0.350. The number of hydrogen-bond donors (Lipinski definition) is 1. The van der Waals surface area contributed by atoms with Crippen molar-refractivity contribution < 1.29 is 18.7 Å². The van der Waals surface area contributed by atoms with Gasteiger partial charge in [0.15, 0.2) is 11.0 Å². The molecule has 2 aromatic rings. The van der Waals surface area contributed by atoms with Crippen molar-refractivity contribution in [3.63, 3.8) is 0 Å². The largest absolute Gasteiger partial charge is 0.468 e. The maximum Gasteiger partial charge on any atom is 0.327 e. The van der Waals surface area contributed by atoms with Crippen LogP contribution in [0.4, 0.5) is 0 Å². The molecule has 29 heavy (non-hydrogen) atoms. The Kier molecular flexibility index (Phi) is 7.74. The molecular formula is C20H22ClN3O4S. The number of hydrogen-bond acceptors (Lipinski definition) is 8. The Balaban J connectivity index is 1.90. The number of esters is 1. The number of rotatable bonds is 7. The van der Waals surface area contributed by atoms with E-state index in [0.29, 0.717) is 40.5 Å². The van der Waals surface area contributed by atoms with Crippen LogP contribution in [0.3, 0.4) is 0 Å². The first kappa shape index (κ1) is 21.4. The van der Waals surface area contributed by atoms with Gasteiger partial charge in [0, 0.05) is 47.0 Å². The van der Waals surface area contributed by atoms with E-state index in [1.54, 1.807) is 0 Å². The van der Waals surface area contributed by atoms with E-state index < -0.39 is 5.97 Å². The monoisotopic (exact) mass is 435 g/mol. The van der Waals surface area contributed by atoms with Crippen LogP contribution < -0.4 is 5.73 Å². The molecule has 1 aromatic heterocycles. The van der Waals surface area contributed by atoms with E-state index in [0.717, 1.165) is 17.7 Å². The van der Waals surface area contributed by atoms with Crippen molar-refractivity contribution in [1.29, 1.82) is 0 Å². The summed E-state index contributed by atoms with van der Waals surface area (Å²) >= 11 is 7.41. The number of methoxy groups -OCH3 is 1. The predicted octanol–water partition coefficient (Wildman–Crippen LogP) is 3.92. The van der Waals surface area contributed by atoms with Crippen LogP contribution in [0, 0.1) is 0 Å². The van der Waals surface area contributed by atoms with Gasteiger partial charge in [-0.05, 0) is 48.9 Å². The first-order chi connectivity index (χ1) is 14.1. The lowest BCUT2D eigenvalue weighted by molar-refractivity contribution is -0.138. The highest BCUT2D eigenvalue weighted by Crippen LogP contribution is 2.37. The van der Waals surface area contributed by atoms with E-state index in [1.165, 1.54) is 31.3 Å². The summed E-state index contributed by atoms with van der Waals surface area (Å²) < 4.78 is 16.2. The molecule has 0 spiro atoms. The Bertz CT molecular complexity index is 890. The third-order valence-electron chi connectivity index (χ3n) is 4.34. The van der Waals surface area contributed by atoms with Crippen LogP contribution >= 0.6 is 23.4 Å². The number of aliphatic imine (C=N–C) groups is 1. The van der Waals surface area contributed by atoms with Gasteiger partial charge in [-0.2, -0.15) is 0 Å². The Labute approximate surface area is 178 Å². The number of nitrogens with zero attached hydrogens (tertiary/aromatic N) is 2. The topological polar surface area (TPSA) is 99.9 Å². The van der Waals surface area contributed by atoms with Crippen molar-refractivity contribution in [2.45, 2.75) is 28.7 Å². The first-order valence-corrected chi connectivity index (χ1v) is 10.3. The van der Waals surface area contributed by atoms with Crippen LogP contribution in [0.25, 0.3) is 5.57 Å². The zero-order chi connectivity index (χ0) is 20.6. The van der Waals surface area contributed by atoms with Crippen molar-refractivity contribution in [2.24, 2.45) is 10.7 Å². The third-order valence-corrected chi connectivity index (χ3v) is 5.56. The molecule has 3 rings (SSSR count). The zero-order valence-electron chi connectivity index (χ0n) is 16.0. The summed E-state index contributed by atoms with van der Waals surface area (Å²) in [5, 5.41) is 1.27. The molecule has 1 aliphatic heterocycles. The van der Waals surface area contributed by atoms with E-state index in [-0.39, 0.29) is 12.5 Å². The van der Waals surface area contributed by atoms with Crippen LogP contribution in [0.15, 0.2) is 49.9 Å². The predicted molar refractivity (Wildman–Crippen MR) is 112 cm³/mol. The SMILES string of the molecule is COC(=O)CN=CC(=CN)c1nc(C2CCOCC2)oc1Sc1ccc(Cl)cc1. The number of carbonyl (C=O) groups excluding carboxylic acids is 1. The van der Waals surface area contributed by atoms with Gasteiger partial charge in [0.25, 0.3) is 0 Å². The maximum absolute atomic E-state index is 11.3. The Hall–Kier alpha value is -2.29. The molecule has 7 nitrogen and oxygen atoms in total. The van der Waals surface area contributed by atoms with Gasteiger partial charge >= 0.3 is 5.97 Å². The molecule has 0 saturated carbocycles. The minimum atomic E-state index is -0.434. The van der Waals surface area contributed by atoms with E-state index in [4.69, 9.17) is 31.5 Å². The number of carbonyl (C=O) groups is 1. The molecule has 1 aromatic carbocycles. The summed E-state index contributed by atoms with van der Waals surface area (Å²) in [4.78, 5) is 21.1. The molecule has 1 aliphatic rings. The molecule has 0 radical (unpaired) electrons. The molecule has 0 bridgehead atoms. The van der Waals surface area contributed by atoms with Crippen molar-refractivity contribution in [3.05, 3.63) is 47.1 Å². The molecule has 0 amide bonds. The number of allylic oxidation sites excluding steroid dienone is 1. The van der Waals surface area contributed by atoms with Crippen molar-refractivity contribution in [2.75, 3.05) is 26.9 Å². The summed E-state index contributed by atoms with van der Waals surface area (Å²) in [5.74, 6) is 0.407. The van der Waals surface area contributed by atoms with Gasteiger partial charge in [-0.15, -0.1) is 0 Å². The summed E-state index contributed by atoms with van der Waals surface area (Å²) in [7, 11) is 1.32. The number of halogens is 1. The Morgan fingerprint density at radius 3 is 2.76 bits per heavy atom. The lowest BCUT2D eigenvalue weighted by atomic mass is 10.0. The van der Waals surface area contributed by atoms with Crippen molar-refractivity contribution >= 4 is 41.1 Å². The average molecular weight is 436 g/mol. The molecular weight excluding hydrogens is 414 g/mol. The van der Waals surface area contributed by atoms with Gasteiger partial charge in [-0.1, -0.05) is 11.6 Å². The van der Waals surface area contributed by atoms with Gasteiger partial charge in [0.2, 0.25) is 0 Å². The van der Waals surface area contributed by atoms with Crippen LogP contribution in [-0.4, -0.2) is 44.0 Å². The fourth-order valence-corrected chi connectivity index (χ4v) is 3.77. The second-order valence-electron chi connectivity index (χ2n) is 6.30. The summed E-state index contributed by atoms with van der Waals surface area (Å²) in [6.07, 6.45) is 4.61. The van der Waals surface area contributed by atoms with Gasteiger partial charge in [-0.3, -0.25) is 9.79 Å². The summed E-state index contributed by atoms with van der Waals surface area (Å²) in [6.45, 7) is 1.27. The van der Waals surface area contributed by atoms with Gasteiger partial charge < -0.3 is 19.6 Å². The van der Waals surface area contributed by atoms with Crippen LogP contribution in [-0.2, 0) is 14.3 Å². The standard InChI is InChI=1S/C20H22ClN3O4S/c1-26-17(25)12-23-11-14(10-22)18-20(29-16-4-2-15(21)3-5-16)28-19(24-18)13-6-8-27-9-7-13/h2-5,10-11,13H,6-9,12,22H2,1H3. The molecule has 154 valence electrons. The highest BCUT2D eigenvalue weighted by Gasteiger charge is 2.25. The lowest BCUT2D eigenvalue weighted by Crippen LogP contribution is -2.14. The normalized spacial score (nSPS) is 15.7. The van der Waals surface area contributed by atoms with Gasteiger partial charge in [0.1, 0.15) is 12.2 Å². The zero-order valence-corrected chi connectivity index (χ0v) is 17.5. The number of aromatic nitrogens is 1. The minimum absolute atomic E-state index is 0.0990. The van der Waals surface area contributed by atoms with E-state index >= 15 is 0 Å². The highest BCUT2D eigenvalue weighted by atomic mass is 35.5. The highest BCUT2D eigenvalue weighted by molar-refractivity contribution is 7.99. The quantitative estimate of drug-likeness (QED) is 0.519. The van der Waals surface area contributed by atoms with Crippen LogP contribution in [0.2, 0.25) is 5.02 Å². The molecule has 0 aliphatic carbocycles. The number of oxazole rings is 1. The lowest BCUT2D eigenvalue weighted by Gasteiger charge is -2.18. The second kappa shape index (κ2) is 10.5. The molecule has 2 N–H and O–H groups in total. The average Bonchev–Trinajstić information content (AvgIpc) is 3.17. The number of nitrogens with two attached hydrogens (primary N) is 1. The summed E-state index contributed by atoms with van der Waals surface area (Å²) in [5.41, 5.74) is 6.97. The van der Waals surface area contributed by atoms with Crippen molar-refractivity contribution in [1.82, 2.24) is 4.98 Å². The molecule has 1 fully saturated rings. The van der Waals surface area contributed by atoms with Crippen LogP contribution in [0.1, 0.15) is 30.3 Å². The maximum atomic E-state index is 11.3. The Morgan fingerprint density at radius 2 is 2.10 bits per heavy atom. The Morgan fingerprint density at radius 1 is 1.38 bits per heavy atom. The smallest absolute Gasteiger partial charge is 0.327 e. The van der Waals surface area contributed by atoms with Crippen molar-refractivity contribution in [3.8, 4) is 0 Å². The minimum Gasteiger partial charge on any atom is -0.468 e. The van der Waals surface area contributed by atoms with Gasteiger partial charge in [0.05, 0.1) is 7.11 Å². The molecule has 0 atom stereocenters. The fourth-order valence-electron chi connectivity index (χ4n) is 2.77. The van der Waals surface area contributed by atoms with E-state index in [1.807, 2.05) is 24.3 Å². The first-order valence-electron chi connectivity index (χ1n) is 9.11. The molecule has 9 heteroatoms. The molecule has 0 unspecified atom stereocenters. The number of benzene rings is 1. The number of ether oxygens (including phenoxy) is 2. The molecule has 2 heterocycles. The van der Waals surface area contributed by atoms with E-state index in [9.17, 15) is 4.79 Å². The van der Waals surface area contributed by atoms with Crippen LogP contribution in [0.5, 0.6) is 0 Å². The second-order valence-corrected chi connectivity index (χ2v) is 7.78. The summed E-state index contributed by atoms with van der Waals surface area (Å²) in [6, 6.07) is 7.45.